The predicted octanol–water partition coefficient (Wildman–Crippen LogP) is 9.37. The van der Waals surface area contributed by atoms with Crippen LogP contribution in [0.5, 0.6) is 5.75 Å². The zero-order valence-electron chi connectivity index (χ0n) is 32.0. The smallest absolute Gasteiger partial charge is 0.349 e. The van der Waals surface area contributed by atoms with Gasteiger partial charge in [-0.15, -0.1) is 0 Å². The monoisotopic (exact) mass is 753 g/mol. The van der Waals surface area contributed by atoms with Crippen molar-refractivity contribution >= 4 is 5.82 Å². The van der Waals surface area contributed by atoms with E-state index in [0.717, 1.165) is 39.1 Å². The normalized spacial score (nSPS) is 17.1. The summed E-state index contributed by atoms with van der Waals surface area (Å²) in [5, 5.41) is 15.4. The number of hydrogen-bond acceptors (Lipinski definition) is 6. The van der Waals surface area contributed by atoms with Crippen molar-refractivity contribution in [3.8, 4) is 5.75 Å². The Morgan fingerprint density at radius 1 is 0.632 bits per heavy atom. The minimum absolute atomic E-state index is 0.122. The first kappa shape index (κ1) is 37.6. The molecule has 0 amide bonds. The van der Waals surface area contributed by atoms with Crippen LogP contribution in [0.15, 0.2) is 193 Å². The average molecular weight is 754 g/mol. The van der Waals surface area contributed by atoms with E-state index in [1.165, 1.54) is 0 Å². The molecule has 1 saturated carbocycles. The van der Waals surface area contributed by atoms with Gasteiger partial charge in [-0.2, -0.15) is 4.98 Å². The van der Waals surface area contributed by atoms with Gasteiger partial charge in [0.05, 0.1) is 19.8 Å². The molecule has 1 aliphatic rings. The van der Waals surface area contributed by atoms with E-state index in [4.69, 9.17) is 9.47 Å². The second kappa shape index (κ2) is 16.8. The first-order valence-corrected chi connectivity index (χ1v) is 19.6. The second-order valence-corrected chi connectivity index (χ2v) is 14.7. The Kier molecular flexibility index (Phi) is 11.1. The van der Waals surface area contributed by atoms with E-state index in [0.29, 0.717) is 31.7 Å². The summed E-state index contributed by atoms with van der Waals surface area (Å²) < 4.78 is 14.3. The standard InChI is InChI=1S/C50H47N3O4/c1-56-45-31-28-40(29-32-45)49(38-17-7-2-8-18-38,39-19-9-3-10-20-39)52-47-33-34-53(48(55)51-47)44-30-27-37(46(54)35-44)36-57-50(41-21-11-4-12-22-41,42-23-13-5-14-24-42)43-25-15-6-16-26-43/h2-26,28-29,31-34,37,44,46,54H,27,30,35-36H2,1H3,(H,51,52,55)/t37-,44+,46+/m0/s1. The van der Waals surface area contributed by atoms with E-state index >= 15 is 0 Å². The molecule has 286 valence electrons. The molecule has 0 saturated heterocycles. The number of methoxy groups -OCH3 is 1. The van der Waals surface area contributed by atoms with Crippen LogP contribution in [0.3, 0.4) is 0 Å². The van der Waals surface area contributed by atoms with Crippen LogP contribution in [0.1, 0.15) is 58.7 Å². The van der Waals surface area contributed by atoms with E-state index in [9.17, 15) is 9.90 Å². The quantitative estimate of drug-likeness (QED) is 0.114. The molecule has 1 aromatic heterocycles. The zero-order chi connectivity index (χ0) is 39.1. The molecule has 2 N–H and O–H groups in total. The van der Waals surface area contributed by atoms with Crippen LogP contribution in [-0.4, -0.2) is 34.5 Å². The summed E-state index contributed by atoms with van der Waals surface area (Å²) in [5.74, 6) is 1.07. The third-order valence-electron chi connectivity index (χ3n) is 11.5. The lowest BCUT2D eigenvalue weighted by Gasteiger charge is -2.40. The minimum Gasteiger partial charge on any atom is -0.497 e. The highest BCUT2D eigenvalue weighted by atomic mass is 16.5. The summed E-state index contributed by atoms with van der Waals surface area (Å²) >= 11 is 0. The second-order valence-electron chi connectivity index (χ2n) is 14.7. The van der Waals surface area contributed by atoms with Gasteiger partial charge in [-0.05, 0) is 70.8 Å². The number of benzene rings is 6. The van der Waals surface area contributed by atoms with Crippen molar-refractivity contribution in [2.24, 2.45) is 5.92 Å². The summed E-state index contributed by atoms with van der Waals surface area (Å²) in [4.78, 5) is 18.5. The number of ether oxygens (including phenoxy) is 2. The molecule has 7 aromatic rings. The van der Waals surface area contributed by atoms with Crippen LogP contribution in [0.4, 0.5) is 5.82 Å². The lowest BCUT2D eigenvalue weighted by atomic mass is 9.77. The Labute approximate surface area is 334 Å². The maximum absolute atomic E-state index is 13.9. The molecule has 7 heteroatoms. The van der Waals surface area contributed by atoms with Gasteiger partial charge < -0.3 is 19.9 Å². The molecule has 7 nitrogen and oxygen atoms in total. The van der Waals surface area contributed by atoms with Crippen LogP contribution in [0.2, 0.25) is 0 Å². The van der Waals surface area contributed by atoms with Crippen molar-refractivity contribution in [1.82, 2.24) is 9.55 Å². The number of nitrogens with one attached hydrogen (secondary N) is 1. The fourth-order valence-corrected chi connectivity index (χ4v) is 8.52. The van der Waals surface area contributed by atoms with Gasteiger partial charge in [0.1, 0.15) is 22.7 Å². The molecular formula is C50H47N3O4. The third kappa shape index (κ3) is 7.52. The number of nitrogens with zero attached hydrogens (tertiary/aromatic N) is 2. The third-order valence-corrected chi connectivity index (χ3v) is 11.5. The molecule has 0 unspecified atom stereocenters. The number of aliphatic hydroxyl groups is 1. The summed E-state index contributed by atoms with van der Waals surface area (Å²) in [6.45, 7) is 0.342. The van der Waals surface area contributed by atoms with E-state index in [2.05, 4.69) is 71.0 Å². The van der Waals surface area contributed by atoms with Crippen molar-refractivity contribution in [1.29, 1.82) is 0 Å². The van der Waals surface area contributed by atoms with Crippen molar-refractivity contribution < 1.29 is 14.6 Å². The first-order valence-electron chi connectivity index (χ1n) is 19.6. The SMILES string of the molecule is COc1ccc(C(Nc2ccn([C@@H]3CC[C@@H](COC(c4ccccc4)(c4ccccc4)c4ccccc4)[C@H](O)C3)c(=O)n2)(c2ccccc2)c2ccccc2)cc1. The highest BCUT2D eigenvalue weighted by Crippen LogP contribution is 2.43. The van der Waals surface area contributed by atoms with Crippen molar-refractivity contribution in [3.05, 3.63) is 232 Å². The lowest BCUT2D eigenvalue weighted by molar-refractivity contribution is -0.0556. The fraction of sp³-hybridized carbons (Fsp3) is 0.200. The number of aliphatic hydroxyl groups excluding tert-OH is 1. The molecule has 1 fully saturated rings. The van der Waals surface area contributed by atoms with Gasteiger partial charge in [-0.25, -0.2) is 4.79 Å². The minimum atomic E-state index is -0.872. The molecule has 57 heavy (non-hydrogen) atoms. The van der Waals surface area contributed by atoms with Gasteiger partial charge in [-0.3, -0.25) is 4.57 Å². The molecular weight excluding hydrogens is 707 g/mol. The Hall–Kier alpha value is -6.28. The predicted molar refractivity (Wildman–Crippen MR) is 225 cm³/mol. The van der Waals surface area contributed by atoms with Crippen molar-refractivity contribution in [3.63, 3.8) is 0 Å². The molecule has 0 radical (unpaired) electrons. The lowest BCUT2D eigenvalue weighted by Crippen LogP contribution is -2.41. The van der Waals surface area contributed by atoms with E-state index in [-0.39, 0.29) is 17.6 Å². The summed E-state index contributed by atoms with van der Waals surface area (Å²) in [6.07, 6.45) is 2.95. The van der Waals surface area contributed by atoms with E-state index in [1.54, 1.807) is 11.7 Å². The molecule has 6 aromatic carbocycles. The highest BCUT2D eigenvalue weighted by Gasteiger charge is 2.41. The Bertz CT molecular complexity index is 2250. The maximum atomic E-state index is 13.9. The molecule has 8 rings (SSSR count). The summed E-state index contributed by atoms with van der Waals surface area (Å²) in [7, 11) is 1.65. The number of aromatic nitrogens is 2. The molecule has 0 bridgehead atoms. The Morgan fingerprint density at radius 3 is 1.53 bits per heavy atom. The van der Waals surface area contributed by atoms with Crippen LogP contribution >= 0.6 is 0 Å². The first-order chi connectivity index (χ1) is 28.0. The van der Waals surface area contributed by atoms with Gasteiger partial charge >= 0.3 is 5.69 Å². The highest BCUT2D eigenvalue weighted by molar-refractivity contribution is 5.58. The molecule has 0 aliphatic heterocycles. The fourth-order valence-electron chi connectivity index (χ4n) is 8.52. The van der Waals surface area contributed by atoms with E-state index < -0.39 is 17.2 Å². The van der Waals surface area contributed by atoms with E-state index in [1.807, 2.05) is 128 Å². The van der Waals surface area contributed by atoms with Gasteiger partial charge in [0.15, 0.2) is 0 Å². The van der Waals surface area contributed by atoms with Crippen LogP contribution in [-0.2, 0) is 15.9 Å². The van der Waals surface area contributed by atoms with Crippen molar-refractivity contribution in [2.45, 2.75) is 42.5 Å². The number of anilines is 1. The van der Waals surface area contributed by atoms with Gasteiger partial charge in [0.2, 0.25) is 0 Å². The molecule has 0 spiro atoms. The van der Waals surface area contributed by atoms with Crippen LogP contribution in [0.25, 0.3) is 0 Å². The largest absolute Gasteiger partial charge is 0.497 e. The van der Waals surface area contributed by atoms with Gasteiger partial charge in [-0.1, -0.05) is 164 Å². The summed E-state index contributed by atoms with van der Waals surface area (Å²) in [5.41, 5.74) is 3.90. The summed E-state index contributed by atoms with van der Waals surface area (Å²) in [6, 6.07) is 60.9. The molecule has 1 heterocycles. The van der Waals surface area contributed by atoms with Crippen molar-refractivity contribution in [2.75, 3.05) is 19.0 Å². The van der Waals surface area contributed by atoms with Crippen LogP contribution in [0, 0.1) is 5.92 Å². The average Bonchev–Trinajstić information content (AvgIpc) is 3.28. The number of hydrogen-bond donors (Lipinski definition) is 2. The van der Waals surface area contributed by atoms with Crippen LogP contribution < -0.4 is 15.7 Å². The Balaban J connectivity index is 1.05. The molecule has 3 atom stereocenters. The van der Waals surface area contributed by atoms with Gasteiger partial charge in [0.25, 0.3) is 0 Å². The zero-order valence-corrected chi connectivity index (χ0v) is 32.0. The topological polar surface area (TPSA) is 85.6 Å². The number of rotatable bonds is 13. The Morgan fingerprint density at radius 2 is 1.09 bits per heavy atom. The molecule has 1 aliphatic carbocycles. The van der Waals surface area contributed by atoms with Gasteiger partial charge in [0, 0.05) is 18.2 Å². The maximum Gasteiger partial charge on any atom is 0.349 e.